The SMILES string of the molecule is CCCCc1ccc(-c2ccc(OCC(CC3NCNC3(C)C)N(O)C=O)cc2)cc1. The van der Waals surface area contributed by atoms with Crippen LogP contribution in [0.15, 0.2) is 48.5 Å². The molecule has 0 spiro atoms. The van der Waals surface area contributed by atoms with E-state index in [9.17, 15) is 10.0 Å². The highest BCUT2D eigenvalue weighted by atomic mass is 16.5. The van der Waals surface area contributed by atoms with Gasteiger partial charge < -0.3 is 4.74 Å². The number of hydroxylamine groups is 2. The van der Waals surface area contributed by atoms with E-state index >= 15 is 0 Å². The van der Waals surface area contributed by atoms with Crippen molar-refractivity contribution in [2.75, 3.05) is 13.3 Å². The lowest BCUT2D eigenvalue weighted by molar-refractivity contribution is -0.164. The molecule has 2 unspecified atom stereocenters. The number of benzene rings is 2. The van der Waals surface area contributed by atoms with Crippen LogP contribution in [0.2, 0.25) is 0 Å². The Balaban J connectivity index is 1.59. The Morgan fingerprint density at radius 1 is 1.16 bits per heavy atom. The molecule has 6 nitrogen and oxygen atoms in total. The van der Waals surface area contributed by atoms with Gasteiger partial charge in [0.05, 0.1) is 6.04 Å². The van der Waals surface area contributed by atoms with Crippen molar-refractivity contribution in [1.82, 2.24) is 15.7 Å². The predicted octanol–water partition coefficient (Wildman–Crippen LogP) is 3.98. The standard InChI is InChI=1S/C25H35N3O3/c1-4-5-6-19-7-9-20(10-8-19)21-11-13-23(14-12-21)31-16-22(28(30)18-29)15-24-25(2,3)27-17-26-24/h7-14,18,22,24,26-27,30H,4-6,15-17H2,1-3H3. The van der Waals surface area contributed by atoms with Crippen LogP contribution in [0.1, 0.15) is 45.6 Å². The van der Waals surface area contributed by atoms with Crippen molar-refractivity contribution in [3.05, 3.63) is 54.1 Å². The molecule has 1 fully saturated rings. The smallest absolute Gasteiger partial charge is 0.233 e. The van der Waals surface area contributed by atoms with Crippen molar-refractivity contribution in [2.24, 2.45) is 0 Å². The molecule has 1 aliphatic heterocycles. The average Bonchev–Trinajstić information content (AvgIpc) is 3.13. The molecule has 2 atom stereocenters. The van der Waals surface area contributed by atoms with Gasteiger partial charge in [0.2, 0.25) is 6.41 Å². The number of amides is 1. The van der Waals surface area contributed by atoms with Crippen LogP contribution in [0, 0.1) is 0 Å². The fourth-order valence-corrected chi connectivity index (χ4v) is 3.95. The highest BCUT2D eigenvalue weighted by Gasteiger charge is 2.36. The van der Waals surface area contributed by atoms with Gasteiger partial charge in [-0.05, 0) is 61.9 Å². The number of aryl methyl sites for hydroxylation is 1. The van der Waals surface area contributed by atoms with Crippen molar-refractivity contribution < 1.29 is 14.7 Å². The maximum Gasteiger partial charge on any atom is 0.233 e. The van der Waals surface area contributed by atoms with Crippen LogP contribution in [-0.4, -0.2) is 47.6 Å². The van der Waals surface area contributed by atoms with E-state index in [0.717, 1.165) is 12.0 Å². The van der Waals surface area contributed by atoms with Crippen molar-refractivity contribution in [3.63, 3.8) is 0 Å². The number of nitrogens with one attached hydrogen (secondary N) is 2. The van der Waals surface area contributed by atoms with Crippen molar-refractivity contribution >= 4 is 6.41 Å². The minimum absolute atomic E-state index is 0.115. The van der Waals surface area contributed by atoms with E-state index in [0.29, 0.717) is 30.3 Å². The normalized spacial score (nSPS) is 18.5. The van der Waals surface area contributed by atoms with E-state index in [-0.39, 0.29) is 18.2 Å². The molecule has 0 aromatic heterocycles. The highest BCUT2D eigenvalue weighted by molar-refractivity contribution is 5.64. The Hall–Kier alpha value is -2.41. The van der Waals surface area contributed by atoms with Crippen LogP contribution in [0.5, 0.6) is 5.75 Å². The van der Waals surface area contributed by atoms with Crippen LogP contribution < -0.4 is 15.4 Å². The molecule has 2 aromatic carbocycles. The maximum absolute atomic E-state index is 11.2. The van der Waals surface area contributed by atoms with Crippen molar-refractivity contribution in [2.45, 2.75) is 64.1 Å². The Morgan fingerprint density at radius 3 is 2.35 bits per heavy atom. The molecule has 0 saturated carbocycles. The number of ether oxygens (including phenoxy) is 1. The van der Waals surface area contributed by atoms with E-state index in [1.807, 2.05) is 24.3 Å². The first-order chi connectivity index (χ1) is 14.9. The molecule has 1 aliphatic rings. The molecule has 0 aliphatic carbocycles. The van der Waals surface area contributed by atoms with Crippen LogP contribution in [0.25, 0.3) is 11.1 Å². The first-order valence-corrected chi connectivity index (χ1v) is 11.2. The summed E-state index contributed by atoms with van der Waals surface area (Å²) in [5.74, 6) is 0.712. The molecule has 168 valence electrons. The van der Waals surface area contributed by atoms with Gasteiger partial charge in [0.25, 0.3) is 0 Å². The summed E-state index contributed by atoms with van der Waals surface area (Å²) >= 11 is 0. The second kappa shape index (κ2) is 10.8. The molecular weight excluding hydrogens is 390 g/mol. The van der Waals surface area contributed by atoms with Crippen LogP contribution in [0.4, 0.5) is 0 Å². The van der Waals surface area contributed by atoms with Gasteiger partial charge in [-0.15, -0.1) is 0 Å². The van der Waals surface area contributed by atoms with Gasteiger partial charge in [0.1, 0.15) is 12.4 Å². The third-order valence-electron chi connectivity index (χ3n) is 6.16. The Kier molecular flexibility index (Phi) is 8.07. The molecule has 0 radical (unpaired) electrons. The highest BCUT2D eigenvalue weighted by Crippen LogP contribution is 2.24. The summed E-state index contributed by atoms with van der Waals surface area (Å²) in [6, 6.07) is 16.3. The van der Waals surface area contributed by atoms with E-state index < -0.39 is 6.04 Å². The van der Waals surface area contributed by atoms with Crippen LogP contribution in [0.3, 0.4) is 0 Å². The largest absolute Gasteiger partial charge is 0.491 e. The number of nitrogens with zero attached hydrogens (tertiary/aromatic N) is 1. The molecule has 1 amide bonds. The molecule has 31 heavy (non-hydrogen) atoms. The number of carbonyl (C=O) groups is 1. The molecule has 3 rings (SSSR count). The van der Waals surface area contributed by atoms with E-state index in [4.69, 9.17) is 4.74 Å². The van der Waals surface area contributed by atoms with E-state index in [1.165, 1.54) is 24.0 Å². The number of hydrogen-bond acceptors (Lipinski definition) is 5. The summed E-state index contributed by atoms with van der Waals surface area (Å²) in [5, 5.41) is 17.5. The van der Waals surface area contributed by atoms with Gasteiger partial charge in [-0.2, -0.15) is 0 Å². The minimum atomic E-state index is -0.440. The van der Waals surface area contributed by atoms with E-state index in [1.54, 1.807) is 0 Å². The lowest BCUT2D eigenvalue weighted by atomic mass is 9.91. The second-order valence-electron chi connectivity index (χ2n) is 8.84. The van der Waals surface area contributed by atoms with Gasteiger partial charge >= 0.3 is 0 Å². The van der Waals surface area contributed by atoms with Crippen LogP contribution in [-0.2, 0) is 11.2 Å². The van der Waals surface area contributed by atoms with E-state index in [2.05, 4.69) is 55.7 Å². The molecular formula is C25H35N3O3. The summed E-state index contributed by atoms with van der Waals surface area (Å²) < 4.78 is 5.92. The fraction of sp³-hybridized carbons (Fsp3) is 0.480. The zero-order valence-corrected chi connectivity index (χ0v) is 18.8. The number of hydrogen-bond donors (Lipinski definition) is 3. The molecule has 6 heteroatoms. The summed E-state index contributed by atoms with van der Waals surface area (Å²) in [7, 11) is 0. The molecule has 0 bridgehead atoms. The lowest BCUT2D eigenvalue weighted by Gasteiger charge is -2.31. The van der Waals surface area contributed by atoms with Gasteiger partial charge in [-0.3, -0.25) is 20.6 Å². The average molecular weight is 426 g/mol. The molecule has 3 N–H and O–H groups in total. The third kappa shape index (κ3) is 6.29. The predicted molar refractivity (Wildman–Crippen MR) is 123 cm³/mol. The van der Waals surface area contributed by atoms with Gasteiger partial charge in [-0.1, -0.05) is 49.7 Å². The zero-order chi connectivity index (χ0) is 22.3. The summed E-state index contributed by atoms with van der Waals surface area (Å²) in [4.78, 5) is 11.2. The van der Waals surface area contributed by atoms with Gasteiger partial charge in [-0.25, -0.2) is 5.06 Å². The third-order valence-corrected chi connectivity index (χ3v) is 6.16. The molecule has 1 saturated heterocycles. The summed E-state index contributed by atoms with van der Waals surface area (Å²) in [6.45, 7) is 7.34. The zero-order valence-electron chi connectivity index (χ0n) is 18.8. The Morgan fingerprint density at radius 2 is 1.81 bits per heavy atom. The lowest BCUT2D eigenvalue weighted by Crippen LogP contribution is -2.49. The molecule has 2 aromatic rings. The second-order valence-corrected chi connectivity index (χ2v) is 8.84. The van der Waals surface area contributed by atoms with Gasteiger partial charge in [0, 0.05) is 18.2 Å². The topological polar surface area (TPSA) is 73.8 Å². The number of carbonyl (C=O) groups excluding carboxylic acids is 1. The fourth-order valence-electron chi connectivity index (χ4n) is 3.95. The first kappa shape index (κ1) is 23.3. The Bertz CT molecular complexity index is 821. The summed E-state index contributed by atoms with van der Waals surface area (Å²) in [5.41, 5.74) is 3.56. The quantitative estimate of drug-likeness (QED) is 0.289. The summed E-state index contributed by atoms with van der Waals surface area (Å²) in [6.07, 6.45) is 4.56. The monoisotopic (exact) mass is 425 g/mol. The molecule has 1 heterocycles. The number of rotatable bonds is 11. The van der Waals surface area contributed by atoms with Crippen molar-refractivity contribution in [1.29, 1.82) is 0 Å². The minimum Gasteiger partial charge on any atom is -0.491 e. The first-order valence-electron chi connectivity index (χ1n) is 11.2. The Labute approximate surface area is 185 Å². The van der Waals surface area contributed by atoms with Crippen molar-refractivity contribution in [3.8, 4) is 16.9 Å². The van der Waals surface area contributed by atoms with Crippen LogP contribution >= 0.6 is 0 Å². The maximum atomic E-state index is 11.2. The van der Waals surface area contributed by atoms with Gasteiger partial charge in [0.15, 0.2) is 0 Å². The number of unbranched alkanes of at least 4 members (excludes halogenated alkanes) is 1.